The van der Waals surface area contributed by atoms with E-state index in [-0.39, 0.29) is 18.3 Å². The van der Waals surface area contributed by atoms with Crippen molar-refractivity contribution < 1.29 is 14.0 Å². The second-order valence-corrected chi connectivity index (χ2v) is 8.60. The predicted octanol–water partition coefficient (Wildman–Crippen LogP) is 5.76. The Morgan fingerprint density at radius 1 is 0.721 bits per heavy atom. The van der Waals surface area contributed by atoms with Crippen molar-refractivity contribution in [1.29, 1.82) is 10.5 Å². The highest BCUT2D eigenvalue weighted by atomic mass is 35.5. The Morgan fingerprint density at radius 3 is 1.81 bits per heavy atom. The summed E-state index contributed by atoms with van der Waals surface area (Å²) in [6.07, 6.45) is 6.26. The lowest BCUT2D eigenvalue weighted by molar-refractivity contribution is 0.0846. The van der Waals surface area contributed by atoms with E-state index in [1.807, 2.05) is 18.2 Å². The molecule has 5 aromatic rings. The number of halogens is 2. The number of aromatic nitrogens is 4. The van der Waals surface area contributed by atoms with E-state index >= 15 is 0 Å². The highest BCUT2D eigenvalue weighted by molar-refractivity contribution is 6.40. The number of hydrogen-bond donors (Lipinski definition) is 2. The van der Waals surface area contributed by atoms with Gasteiger partial charge in [-0.05, 0) is 60.7 Å². The number of benzene rings is 2. The summed E-state index contributed by atoms with van der Waals surface area (Å²) in [5, 5.41) is 25.8. The highest BCUT2D eigenvalue weighted by Gasteiger charge is 2.11. The van der Waals surface area contributed by atoms with E-state index in [0.29, 0.717) is 28.5 Å². The molecule has 0 aliphatic rings. The second kappa shape index (κ2) is 17.9. The molecule has 0 aliphatic heterocycles. The minimum absolute atomic E-state index is 0. The number of alkyl halides is 2. The number of nitrogens with one attached hydrogen (secondary N) is 2. The van der Waals surface area contributed by atoms with Crippen LogP contribution in [0.1, 0.15) is 39.3 Å². The summed E-state index contributed by atoms with van der Waals surface area (Å²) in [6, 6.07) is 24.0. The van der Waals surface area contributed by atoms with Gasteiger partial charge in [0.25, 0.3) is 11.8 Å². The summed E-state index contributed by atoms with van der Waals surface area (Å²) in [7, 11) is 0. The van der Waals surface area contributed by atoms with E-state index in [4.69, 9.17) is 38.1 Å². The lowest BCUT2D eigenvalue weighted by atomic mass is 10.1. The first kappa shape index (κ1) is 33.6. The van der Waals surface area contributed by atoms with Crippen LogP contribution in [0.5, 0.6) is 0 Å². The molecule has 2 N–H and O–H groups in total. The molecule has 0 fully saturated rings. The average Bonchev–Trinajstić information content (AvgIpc) is 3.56. The lowest BCUT2D eigenvalue weighted by Crippen LogP contribution is -2.41. The maximum Gasteiger partial charge on any atom is 0.271 e. The zero-order valence-corrected chi connectivity index (χ0v) is 23.1. The predicted molar refractivity (Wildman–Crippen MR) is 161 cm³/mol. The number of nitrogens with zero attached hydrogens (tertiary/aromatic N) is 6. The molecule has 0 spiro atoms. The van der Waals surface area contributed by atoms with Gasteiger partial charge in [-0.1, -0.05) is 19.6 Å². The lowest BCUT2D eigenvalue weighted by Gasteiger charge is -2.07. The standard InChI is InChI=1S/C14H10N4O2.C14H8N4O.CH2Cl2.CH4/c15-8-10-3-1-4-11(7-10)13(19)17-18-14(20)12-5-2-6-16-9-12;15-8-10-3-1-4-11(7-10)13-17-18-14(19-13)12-5-2-6-16-9-12;2-1-3;/h1-7,9H,(H,17,19)(H,18,20);1-7,9H;1H2;1H4. The number of carbonyl (C=O) groups excluding carboxylic acids is 2. The van der Waals surface area contributed by atoms with Crippen LogP contribution in [0.15, 0.2) is 102 Å². The van der Waals surface area contributed by atoms with Crippen molar-refractivity contribution in [2.24, 2.45) is 0 Å². The van der Waals surface area contributed by atoms with E-state index in [2.05, 4.69) is 37.1 Å². The average molecular weight is 615 g/mol. The van der Waals surface area contributed by atoms with Gasteiger partial charge in [0.1, 0.15) is 0 Å². The third-order valence-electron chi connectivity index (χ3n) is 5.04. The molecule has 3 heterocycles. The Morgan fingerprint density at radius 2 is 1.23 bits per heavy atom. The summed E-state index contributed by atoms with van der Waals surface area (Å²) < 4.78 is 5.58. The number of hydrazine groups is 1. The largest absolute Gasteiger partial charge is 0.416 e. The summed E-state index contributed by atoms with van der Waals surface area (Å²) in [6.45, 7) is 0. The van der Waals surface area contributed by atoms with E-state index in [9.17, 15) is 9.59 Å². The van der Waals surface area contributed by atoms with Crippen LogP contribution in [0.3, 0.4) is 0 Å². The van der Waals surface area contributed by atoms with E-state index in [1.165, 1.54) is 12.3 Å². The minimum atomic E-state index is -0.501. The third-order valence-corrected chi connectivity index (χ3v) is 5.04. The number of rotatable bonds is 4. The van der Waals surface area contributed by atoms with Crippen molar-refractivity contribution >= 4 is 35.0 Å². The molecule has 0 saturated carbocycles. The van der Waals surface area contributed by atoms with E-state index in [1.54, 1.807) is 73.2 Å². The topological polar surface area (TPSA) is 170 Å². The maximum atomic E-state index is 11.8. The minimum Gasteiger partial charge on any atom is -0.416 e. The SMILES string of the molecule is C.ClCCl.N#Cc1cccc(-c2nnc(-c3cccnc3)o2)c1.N#Cc1cccc(C(=O)NNC(=O)c2cccnc2)c1. The van der Waals surface area contributed by atoms with Crippen molar-refractivity contribution in [3.8, 4) is 35.0 Å². The third kappa shape index (κ3) is 10.4. The highest BCUT2D eigenvalue weighted by Crippen LogP contribution is 2.23. The van der Waals surface area contributed by atoms with Gasteiger partial charge in [0.05, 0.1) is 39.7 Å². The van der Waals surface area contributed by atoms with Crippen LogP contribution < -0.4 is 10.9 Å². The van der Waals surface area contributed by atoms with Crippen LogP contribution in [-0.2, 0) is 0 Å². The van der Waals surface area contributed by atoms with Crippen molar-refractivity contribution in [2.75, 3.05) is 5.34 Å². The molecule has 0 unspecified atom stereocenters. The van der Waals surface area contributed by atoms with Gasteiger partial charge < -0.3 is 4.42 Å². The van der Waals surface area contributed by atoms with Gasteiger partial charge >= 0.3 is 0 Å². The maximum absolute atomic E-state index is 11.8. The van der Waals surface area contributed by atoms with Gasteiger partial charge in [0, 0.05) is 35.9 Å². The molecule has 2 aromatic carbocycles. The second-order valence-electron chi connectivity index (χ2n) is 7.79. The van der Waals surface area contributed by atoms with Crippen molar-refractivity contribution in [3.63, 3.8) is 0 Å². The van der Waals surface area contributed by atoms with Gasteiger partial charge in [0.15, 0.2) is 0 Å². The van der Waals surface area contributed by atoms with Gasteiger partial charge in [-0.2, -0.15) is 10.5 Å². The van der Waals surface area contributed by atoms with Crippen LogP contribution in [0.2, 0.25) is 0 Å². The van der Waals surface area contributed by atoms with Crippen LogP contribution in [0.4, 0.5) is 0 Å². The number of pyridine rings is 2. The van der Waals surface area contributed by atoms with Crippen LogP contribution in [-0.4, -0.2) is 37.3 Å². The number of amides is 2. The molecule has 43 heavy (non-hydrogen) atoms. The first-order chi connectivity index (χ1) is 20.5. The zero-order chi connectivity index (χ0) is 30.2. The smallest absolute Gasteiger partial charge is 0.271 e. The molecule has 0 saturated heterocycles. The molecule has 3 aromatic heterocycles. The van der Waals surface area contributed by atoms with Gasteiger partial charge in [-0.25, -0.2) is 0 Å². The Balaban J connectivity index is 0.000000270. The van der Waals surface area contributed by atoms with E-state index in [0.717, 1.165) is 11.1 Å². The molecule has 0 bridgehead atoms. The van der Waals surface area contributed by atoms with E-state index < -0.39 is 11.8 Å². The van der Waals surface area contributed by atoms with Crippen molar-refractivity contribution in [1.82, 2.24) is 31.0 Å². The fraction of sp³-hybridized carbons (Fsp3) is 0.0667. The first-order valence-electron chi connectivity index (χ1n) is 11.9. The van der Waals surface area contributed by atoms with Gasteiger partial charge in [0.2, 0.25) is 11.8 Å². The molecule has 2 amide bonds. The molecule has 0 radical (unpaired) electrons. The Bertz CT molecular complexity index is 1700. The first-order valence-corrected chi connectivity index (χ1v) is 12.9. The fourth-order valence-corrected chi connectivity index (χ4v) is 3.15. The summed E-state index contributed by atoms with van der Waals surface area (Å²) >= 11 is 9.53. The number of hydrogen-bond acceptors (Lipinski definition) is 9. The van der Waals surface area contributed by atoms with Crippen molar-refractivity contribution in [2.45, 2.75) is 7.43 Å². The van der Waals surface area contributed by atoms with Gasteiger partial charge in [-0.3, -0.25) is 30.4 Å². The summed E-state index contributed by atoms with van der Waals surface area (Å²) in [4.78, 5) is 31.3. The van der Waals surface area contributed by atoms with Gasteiger partial charge in [-0.15, -0.1) is 33.4 Å². The normalized spacial score (nSPS) is 9.21. The quantitative estimate of drug-likeness (QED) is 0.189. The number of carbonyl (C=O) groups is 2. The molecular weight excluding hydrogens is 591 g/mol. The van der Waals surface area contributed by atoms with Crippen LogP contribution >= 0.6 is 23.2 Å². The number of nitriles is 2. The zero-order valence-electron chi connectivity index (χ0n) is 21.6. The molecule has 0 aliphatic carbocycles. The molecule has 5 rings (SSSR count). The van der Waals surface area contributed by atoms with Crippen LogP contribution in [0.25, 0.3) is 22.9 Å². The summed E-state index contributed by atoms with van der Waals surface area (Å²) in [5.74, 6) is -0.177. The Hall–Kier alpha value is -5.62. The van der Waals surface area contributed by atoms with Crippen LogP contribution in [0, 0.1) is 22.7 Å². The summed E-state index contributed by atoms with van der Waals surface area (Å²) in [5.41, 5.74) is 7.58. The fourth-order valence-electron chi connectivity index (χ4n) is 3.15. The molecule has 13 heteroatoms. The molecule has 11 nitrogen and oxygen atoms in total. The Labute approximate surface area is 257 Å². The monoisotopic (exact) mass is 614 g/mol. The van der Waals surface area contributed by atoms with Crippen molar-refractivity contribution in [3.05, 3.63) is 120 Å². The molecule has 216 valence electrons. The Kier molecular flexibility index (Phi) is 14.0. The molecule has 0 atom stereocenters. The molecular formula is C30H24Cl2N8O3.